The molecule has 0 bridgehead atoms. The van der Waals surface area contributed by atoms with Crippen LogP contribution in [0.25, 0.3) is 0 Å². The summed E-state index contributed by atoms with van der Waals surface area (Å²) in [5.41, 5.74) is 5.07. The van der Waals surface area contributed by atoms with Crippen LogP contribution in [0.15, 0.2) is 0 Å². The molecule has 0 aliphatic carbocycles. The predicted molar refractivity (Wildman–Crippen MR) is 24.4 cm³/mol. The van der Waals surface area contributed by atoms with Gasteiger partial charge >= 0.3 is 5.78 Å². The van der Waals surface area contributed by atoms with E-state index < -0.39 is 0 Å². The number of ketones is 1. The lowest BCUT2D eigenvalue weighted by molar-refractivity contribution is -1.05. The van der Waals surface area contributed by atoms with Crippen LogP contribution in [0.1, 0.15) is 13.3 Å². The van der Waals surface area contributed by atoms with Crippen molar-refractivity contribution in [3.63, 3.8) is 0 Å². The lowest BCUT2D eigenvalue weighted by Crippen LogP contribution is -2.11. The van der Waals surface area contributed by atoms with Crippen molar-refractivity contribution in [2.45, 2.75) is 13.3 Å². The minimum atomic E-state index is 0.447. The Labute approximate surface area is 42.4 Å². The predicted octanol–water partition coefficient (Wildman–Crippen LogP) is -1.26. The molecule has 0 aliphatic rings. The first-order chi connectivity index (χ1) is 3.31. The number of carbonyl (C=O) groups excluding carboxylic acids is 1. The molecule has 3 heteroatoms. The molecule has 0 saturated carbocycles. The van der Waals surface area contributed by atoms with Gasteiger partial charge in [0.15, 0.2) is 0 Å². The molecule has 0 aromatic heterocycles. The third-order valence-electron chi connectivity index (χ3n) is 0.639. The fraction of sp³-hybridized carbons (Fsp3) is 0.750. The smallest absolute Gasteiger partial charge is 0.327 e. The van der Waals surface area contributed by atoms with Crippen LogP contribution >= 0.6 is 0 Å². The van der Waals surface area contributed by atoms with Crippen molar-refractivity contribution < 1.29 is 9.83 Å². The second-order valence-electron chi connectivity index (χ2n) is 1.32. The number of hydrogen-bond acceptors (Lipinski definition) is 2. The number of hydrogen-bond donors (Lipinski definition) is 1. The molecule has 2 N–H and O–H groups in total. The van der Waals surface area contributed by atoms with Crippen LogP contribution in [0.4, 0.5) is 0 Å². The van der Waals surface area contributed by atoms with E-state index in [0.29, 0.717) is 18.7 Å². The largest absolute Gasteiger partial charge is 0.463 e. The van der Waals surface area contributed by atoms with Crippen LogP contribution in [0.5, 0.6) is 0 Å². The molecule has 0 aliphatic heterocycles. The second kappa shape index (κ2) is 3.61. The molecule has 3 nitrogen and oxygen atoms in total. The highest BCUT2D eigenvalue weighted by atomic mass is 17.1. The van der Waals surface area contributed by atoms with Crippen LogP contribution in [0.2, 0.25) is 0 Å². The average molecular weight is 103 g/mol. The number of nitrogens with two attached hydrogens (primary N) is 1. The van der Waals surface area contributed by atoms with Crippen molar-refractivity contribution in [1.29, 1.82) is 0 Å². The maximum atomic E-state index is 9.43. The summed E-state index contributed by atoms with van der Waals surface area (Å²) in [4.78, 5) is 0. The highest BCUT2D eigenvalue weighted by Gasteiger charge is 1.96. The van der Waals surface area contributed by atoms with Gasteiger partial charge in [0.25, 0.3) is 0 Å². The van der Waals surface area contributed by atoms with Gasteiger partial charge in [-0.25, -0.2) is 0 Å². The summed E-state index contributed by atoms with van der Waals surface area (Å²) < 4.78 is 3.58. The third kappa shape index (κ3) is 3.26. The normalized spacial score (nSPS) is 12.0. The summed E-state index contributed by atoms with van der Waals surface area (Å²) in [6.07, 6.45) is 0.559. The Morgan fingerprint density at radius 1 is 1.86 bits per heavy atom. The highest BCUT2D eigenvalue weighted by Crippen LogP contribution is 1.73. The SMILES string of the molecule is CC(CCN)=[O+][O-]. The molecule has 0 atom stereocenters. The number of rotatable bonds is 2. The summed E-state index contributed by atoms with van der Waals surface area (Å²) in [6.45, 7) is 2.09. The standard InChI is InChI=1S/C4H9NO2/c1-4(7-6)2-3-5/h2-3,5H2,1H3. The zero-order valence-electron chi connectivity index (χ0n) is 4.31. The molecule has 0 aromatic rings. The van der Waals surface area contributed by atoms with Crippen molar-refractivity contribution in [1.82, 2.24) is 0 Å². The molecule has 0 unspecified atom stereocenters. The van der Waals surface area contributed by atoms with Crippen molar-refractivity contribution in [2.75, 3.05) is 6.54 Å². The first-order valence-electron chi connectivity index (χ1n) is 2.13. The van der Waals surface area contributed by atoms with Crippen LogP contribution in [-0.4, -0.2) is 12.3 Å². The van der Waals surface area contributed by atoms with E-state index in [1.54, 1.807) is 6.92 Å². The van der Waals surface area contributed by atoms with E-state index in [-0.39, 0.29) is 0 Å². The average Bonchev–Trinajstić information content (AvgIpc) is 1.68. The van der Waals surface area contributed by atoms with Gasteiger partial charge in [-0.2, -0.15) is 4.58 Å². The summed E-state index contributed by atoms with van der Waals surface area (Å²) in [6, 6.07) is 0. The Balaban J connectivity index is 3.17. The summed E-state index contributed by atoms with van der Waals surface area (Å²) in [5, 5.41) is 9.43. The summed E-state index contributed by atoms with van der Waals surface area (Å²) in [5.74, 6) is 0.447. The fourth-order valence-corrected chi connectivity index (χ4v) is 0.245. The molecule has 7 heavy (non-hydrogen) atoms. The van der Waals surface area contributed by atoms with Crippen molar-refractivity contribution in [2.24, 2.45) is 5.73 Å². The molecule has 42 valence electrons. The van der Waals surface area contributed by atoms with E-state index in [1.165, 1.54) is 0 Å². The summed E-state index contributed by atoms with van der Waals surface area (Å²) in [7, 11) is 0. The van der Waals surface area contributed by atoms with E-state index in [1.807, 2.05) is 0 Å². The first kappa shape index (κ1) is 6.43. The monoisotopic (exact) mass is 103 g/mol. The van der Waals surface area contributed by atoms with Gasteiger partial charge in [-0.15, -0.1) is 0 Å². The van der Waals surface area contributed by atoms with E-state index in [2.05, 4.69) is 4.58 Å². The van der Waals surface area contributed by atoms with Crippen LogP contribution in [0.3, 0.4) is 0 Å². The molecule has 0 fully saturated rings. The Morgan fingerprint density at radius 3 is 2.57 bits per heavy atom. The minimum Gasteiger partial charge on any atom is -0.463 e. The maximum absolute atomic E-state index is 9.43. The maximum Gasteiger partial charge on any atom is 0.327 e. The van der Waals surface area contributed by atoms with Crippen molar-refractivity contribution in [3.8, 4) is 0 Å². The van der Waals surface area contributed by atoms with Gasteiger partial charge in [-0.05, 0) is 0 Å². The molecular formula is C4H9NO2. The van der Waals surface area contributed by atoms with E-state index in [4.69, 9.17) is 5.73 Å². The molecule has 0 radical (unpaired) electrons. The van der Waals surface area contributed by atoms with Crippen LogP contribution in [0, 0.1) is 0 Å². The Hall–Kier alpha value is -0.570. The van der Waals surface area contributed by atoms with Gasteiger partial charge in [0, 0.05) is 6.54 Å². The van der Waals surface area contributed by atoms with E-state index in [9.17, 15) is 5.26 Å². The zero-order valence-corrected chi connectivity index (χ0v) is 4.31. The lowest BCUT2D eigenvalue weighted by Gasteiger charge is -1.80. The van der Waals surface area contributed by atoms with Gasteiger partial charge in [0.2, 0.25) is 0 Å². The molecular weight excluding hydrogens is 94.0 g/mol. The third-order valence-corrected chi connectivity index (χ3v) is 0.639. The Kier molecular flexibility index (Phi) is 3.32. The fourth-order valence-electron chi connectivity index (χ4n) is 0.245. The van der Waals surface area contributed by atoms with Gasteiger partial charge in [0.1, 0.15) is 0 Å². The summed E-state index contributed by atoms with van der Waals surface area (Å²) >= 11 is 0. The van der Waals surface area contributed by atoms with Gasteiger partial charge in [-0.3, -0.25) is 0 Å². The first-order valence-corrected chi connectivity index (χ1v) is 2.13. The molecule has 0 rings (SSSR count). The topological polar surface area (TPSA) is 60.4 Å². The van der Waals surface area contributed by atoms with Crippen molar-refractivity contribution in [3.05, 3.63) is 0 Å². The molecule has 0 amide bonds. The van der Waals surface area contributed by atoms with Crippen molar-refractivity contribution >= 4 is 5.78 Å². The molecule has 0 heterocycles. The van der Waals surface area contributed by atoms with Crippen LogP contribution in [-0.2, 0) is 4.58 Å². The van der Waals surface area contributed by atoms with E-state index >= 15 is 0 Å². The quantitative estimate of drug-likeness (QED) is 0.269. The Bertz CT molecular complexity index is 70.1. The lowest BCUT2D eigenvalue weighted by atomic mass is 10.3. The zero-order chi connectivity index (χ0) is 5.70. The molecule has 0 aromatic carbocycles. The van der Waals surface area contributed by atoms with Gasteiger partial charge in [0.05, 0.1) is 13.3 Å². The van der Waals surface area contributed by atoms with E-state index in [0.717, 1.165) is 0 Å². The molecule has 0 spiro atoms. The Morgan fingerprint density at radius 2 is 2.43 bits per heavy atom. The van der Waals surface area contributed by atoms with Gasteiger partial charge in [-0.1, -0.05) is 0 Å². The molecule has 0 saturated heterocycles. The van der Waals surface area contributed by atoms with Crippen LogP contribution < -0.4 is 11.0 Å². The highest BCUT2D eigenvalue weighted by molar-refractivity contribution is 5.75. The minimum absolute atomic E-state index is 0.447. The second-order valence-corrected chi connectivity index (χ2v) is 1.32. The van der Waals surface area contributed by atoms with Gasteiger partial charge < -0.3 is 11.0 Å².